The fourth-order valence-corrected chi connectivity index (χ4v) is 3.39. The SMILES string of the molecule is C#CCC(C)(Cc1ccccc1)C(=O)Cc1cc2cccc(F)c2nc1C. The van der Waals surface area contributed by atoms with Gasteiger partial charge in [-0.2, -0.15) is 0 Å². The van der Waals surface area contributed by atoms with Crippen LogP contribution in [-0.2, 0) is 17.6 Å². The van der Waals surface area contributed by atoms with Gasteiger partial charge in [0.15, 0.2) is 0 Å². The second-order valence-electron chi connectivity index (χ2n) is 7.25. The minimum absolute atomic E-state index is 0.0740. The maximum Gasteiger partial charge on any atom is 0.149 e. The van der Waals surface area contributed by atoms with Crippen LogP contribution in [-0.4, -0.2) is 10.8 Å². The predicted molar refractivity (Wildman–Crippen MR) is 107 cm³/mol. The number of ketones is 1. The van der Waals surface area contributed by atoms with E-state index in [4.69, 9.17) is 6.42 Å². The van der Waals surface area contributed by atoms with Crippen molar-refractivity contribution < 1.29 is 9.18 Å². The van der Waals surface area contributed by atoms with Gasteiger partial charge in [-0.3, -0.25) is 4.79 Å². The van der Waals surface area contributed by atoms with E-state index in [1.165, 1.54) is 6.07 Å². The largest absolute Gasteiger partial charge is 0.299 e. The van der Waals surface area contributed by atoms with E-state index < -0.39 is 5.41 Å². The van der Waals surface area contributed by atoms with Crippen molar-refractivity contribution in [3.8, 4) is 12.3 Å². The molecule has 1 unspecified atom stereocenters. The van der Waals surface area contributed by atoms with E-state index in [0.717, 1.165) is 11.1 Å². The summed E-state index contributed by atoms with van der Waals surface area (Å²) in [5, 5.41) is 0.699. The smallest absolute Gasteiger partial charge is 0.149 e. The topological polar surface area (TPSA) is 30.0 Å². The normalized spacial score (nSPS) is 13.1. The molecule has 3 rings (SSSR count). The molecule has 1 heterocycles. The molecule has 2 nitrogen and oxygen atoms in total. The second kappa shape index (κ2) is 7.72. The van der Waals surface area contributed by atoms with Crippen LogP contribution in [0.1, 0.15) is 30.2 Å². The molecule has 0 spiro atoms. The molecule has 0 aliphatic carbocycles. The molecular formula is C24H22FNO. The van der Waals surface area contributed by atoms with Crippen molar-refractivity contribution in [1.29, 1.82) is 0 Å². The molecule has 0 aliphatic heterocycles. The molecular weight excluding hydrogens is 337 g/mol. The molecule has 0 radical (unpaired) electrons. The Balaban J connectivity index is 1.91. The van der Waals surface area contributed by atoms with E-state index in [1.807, 2.05) is 56.3 Å². The average Bonchev–Trinajstić information content (AvgIpc) is 2.64. The molecule has 1 atom stereocenters. The fourth-order valence-electron chi connectivity index (χ4n) is 3.39. The Kier molecular flexibility index (Phi) is 5.37. The predicted octanol–water partition coefficient (Wildman–Crippen LogP) is 5.07. The van der Waals surface area contributed by atoms with Gasteiger partial charge in [-0.15, -0.1) is 12.3 Å². The van der Waals surface area contributed by atoms with Crippen LogP contribution in [0.25, 0.3) is 10.9 Å². The highest BCUT2D eigenvalue weighted by Gasteiger charge is 2.32. The van der Waals surface area contributed by atoms with Crippen molar-refractivity contribution in [1.82, 2.24) is 4.98 Å². The lowest BCUT2D eigenvalue weighted by Gasteiger charge is -2.26. The molecule has 0 saturated heterocycles. The first-order valence-electron chi connectivity index (χ1n) is 8.98. The third-order valence-electron chi connectivity index (χ3n) is 5.05. The van der Waals surface area contributed by atoms with E-state index in [-0.39, 0.29) is 18.0 Å². The number of carbonyl (C=O) groups is 1. The van der Waals surface area contributed by atoms with Crippen molar-refractivity contribution in [3.05, 3.63) is 77.2 Å². The van der Waals surface area contributed by atoms with Gasteiger partial charge in [-0.1, -0.05) is 49.4 Å². The number of carbonyl (C=O) groups excluding carboxylic acids is 1. The van der Waals surface area contributed by atoms with Gasteiger partial charge in [0.25, 0.3) is 0 Å². The van der Waals surface area contributed by atoms with Gasteiger partial charge in [0.1, 0.15) is 17.1 Å². The van der Waals surface area contributed by atoms with E-state index in [1.54, 1.807) is 6.07 Å². The quantitative estimate of drug-likeness (QED) is 0.576. The maximum absolute atomic E-state index is 13.9. The molecule has 1 aromatic heterocycles. The van der Waals surface area contributed by atoms with Crippen LogP contribution in [0.4, 0.5) is 4.39 Å². The van der Waals surface area contributed by atoms with Crippen molar-refractivity contribution in [2.24, 2.45) is 5.41 Å². The van der Waals surface area contributed by atoms with Gasteiger partial charge in [-0.05, 0) is 36.6 Å². The number of benzene rings is 2. The Labute approximate surface area is 159 Å². The number of pyridine rings is 1. The second-order valence-corrected chi connectivity index (χ2v) is 7.25. The lowest BCUT2D eigenvalue weighted by atomic mass is 9.75. The number of aryl methyl sites for hydroxylation is 1. The first-order chi connectivity index (χ1) is 12.9. The number of terminal acetylenes is 1. The van der Waals surface area contributed by atoms with Crippen LogP contribution in [0.15, 0.2) is 54.6 Å². The molecule has 0 amide bonds. The van der Waals surface area contributed by atoms with Crippen LogP contribution in [0.2, 0.25) is 0 Å². The Bertz CT molecular complexity index is 1020. The van der Waals surface area contributed by atoms with Crippen molar-refractivity contribution in [3.63, 3.8) is 0 Å². The van der Waals surface area contributed by atoms with Crippen molar-refractivity contribution in [2.45, 2.75) is 33.1 Å². The maximum atomic E-state index is 13.9. The summed E-state index contributed by atoms with van der Waals surface area (Å²) < 4.78 is 13.9. The first-order valence-corrected chi connectivity index (χ1v) is 8.98. The number of nitrogens with zero attached hydrogens (tertiary/aromatic N) is 1. The fraction of sp³-hybridized carbons (Fsp3) is 0.250. The lowest BCUT2D eigenvalue weighted by Crippen LogP contribution is -2.31. The van der Waals surface area contributed by atoms with Crippen molar-refractivity contribution in [2.75, 3.05) is 0 Å². The molecule has 0 saturated carbocycles. The summed E-state index contributed by atoms with van der Waals surface area (Å²) in [6.07, 6.45) is 6.76. The highest BCUT2D eigenvalue weighted by Crippen LogP contribution is 2.30. The summed E-state index contributed by atoms with van der Waals surface area (Å²) in [4.78, 5) is 17.6. The third-order valence-corrected chi connectivity index (χ3v) is 5.05. The van der Waals surface area contributed by atoms with Crippen LogP contribution in [0.5, 0.6) is 0 Å². The summed E-state index contributed by atoms with van der Waals surface area (Å²) in [6, 6.07) is 16.6. The minimum atomic E-state index is -0.653. The standard InChI is InChI=1S/C24H22FNO/c1-4-13-24(3,16-18-9-6-5-7-10-18)22(27)15-20-14-19-11-8-12-21(25)23(19)26-17(20)2/h1,5-12,14H,13,15-16H2,2-3H3. The van der Waals surface area contributed by atoms with Gasteiger partial charge in [-0.25, -0.2) is 9.37 Å². The Morgan fingerprint density at radius 2 is 1.93 bits per heavy atom. The summed E-state index contributed by atoms with van der Waals surface area (Å²) in [6.45, 7) is 3.73. The number of rotatable bonds is 6. The number of halogens is 1. The molecule has 3 aromatic rings. The van der Waals surface area contributed by atoms with E-state index in [2.05, 4.69) is 10.9 Å². The molecule has 27 heavy (non-hydrogen) atoms. The first kappa shape index (κ1) is 18.8. The Morgan fingerprint density at radius 1 is 1.19 bits per heavy atom. The summed E-state index contributed by atoms with van der Waals surface area (Å²) >= 11 is 0. The van der Waals surface area contributed by atoms with E-state index in [9.17, 15) is 9.18 Å². The van der Waals surface area contributed by atoms with Crippen LogP contribution < -0.4 is 0 Å². The highest BCUT2D eigenvalue weighted by molar-refractivity contribution is 5.89. The van der Waals surface area contributed by atoms with Crippen LogP contribution >= 0.6 is 0 Å². The number of aromatic nitrogens is 1. The Morgan fingerprint density at radius 3 is 2.63 bits per heavy atom. The summed E-state index contributed by atoms with van der Waals surface area (Å²) in [5.41, 5.74) is 2.25. The van der Waals surface area contributed by atoms with Gasteiger partial charge < -0.3 is 0 Å². The highest BCUT2D eigenvalue weighted by atomic mass is 19.1. The molecule has 3 heteroatoms. The molecule has 2 aromatic carbocycles. The van der Waals surface area contributed by atoms with E-state index in [0.29, 0.717) is 29.4 Å². The monoisotopic (exact) mass is 359 g/mol. The van der Waals surface area contributed by atoms with Gasteiger partial charge in [0.05, 0.1) is 0 Å². The van der Waals surface area contributed by atoms with Crippen molar-refractivity contribution >= 4 is 16.7 Å². The molecule has 0 bridgehead atoms. The Hall–Kier alpha value is -2.99. The molecule has 0 fully saturated rings. The molecule has 0 aliphatic rings. The van der Waals surface area contributed by atoms with Gasteiger partial charge in [0, 0.05) is 29.3 Å². The zero-order chi connectivity index (χ0) is 19.4. The number of fused-ring (bicyclic) bond motifs is 1. The van der Waals surface area contributed by atoms with Crippen LogP contribution in [0, 0.1) is 30.5 Å². The average molecular weight is 359 g/mol. The number of para-hydroxylation sites is 1. The molecule has 0 N–H and O–H groups in total. The van der Waals surface area contributed by atoms with E-state index >= 15 is 0 Å². The molecule has 136 valence electrons. The van der Waals surface area contributed by atoms with Gasteiger partial charge in [0.2, 0.25) is 0 Å². The van der Waals surface area contributed by atoms with Gasteiger partial charge >= 0.3 is 0 Å². The summed E-state index contributed by atoms with van der Waals surface area (Å²) in [7, 11) is 0. The minimum Gasteiger partial charge on any atom is -0.299 e. The number of Topliss-reactive ketones (excluding diaryl/α,β-unsaturated/α-hetero) is 1. The zero-order valence-corrected chi connectivity index (χ0v) is 15.6. The lowest BCUT2D eigenvalue weighted by molar-refractivity contribution is -0.127. The number of hydrogen-bond acceptors (Lipinski definition) is 2. The zero-order valence-electron chi connectivity index (χ0n) is 15.6. The van der Waals surface area contributed by atoms with Crippen LogP contribution in [0.3, 0.4) is 0 Å². The summed E-state index contributed by atoms with van der Waals surface area (Å²) in [5.74, 6) is 2.38. The third kappa shape index (κ3) is 4.06. The number of hydrogen-bond donors (Lipinski definition) is 0.